The van der Waals surface area contributed by atoms with Gasteiger partial charge in [0.15, 0.2) is 0 Å². The van der Waals surface area contributed by atoms with Crippen LogP contribution in [0.25, 0.3) is 0 Å². The smallest absolute Gasteiger partial charge is 0.141 e. The molecule has 1 aliphatic rings. The van der Waals surface area contributed by atoms with Gasteiger partial charge in [0, 0.05) is 28.9 Å². The van der Waals surface area contributed by atoms with Crippen LogP contribution in [0.4, 0.5) is 0 Å². The molecule has 1 saturated heterocycles. The van der Waals surface area contributed by atoms with Crippen molar-refractivity contribution in [1.29, 1.82) is 0 Å². The number of halogens is 1. The van der Waals surface area contributed by atoms with Crippen molar-refractivity contribution in [1.82, 2.24) is 0 Å². The molecule has 2 rings (SSSR count). The van der Waals surface area contributed by atoms with Crippen LogP contribution in [0.2, 0.25) is 5.02 Å². The van der Waals surface area contributed by atoms with Crippen molar-refractivity contribution in [2.24, 2.45) is 5.92 Å². The van der Waals surface area contributed by atoms with Gasteiger partial charge in [0.25, 0.3) is 0 Å². The van der Waals surface area contributed by atoms with Gasteiger partial charge in [-0.25, -0.2) is 0 Å². The Morgan fingerprint density at radius 2 is 2.27 bits per heavy atom. The van der Waals surface area contributed by atoms with E-state index in [1.165, 1.54) is 0 Å². The third-order valence-electron chi connectivity index (χ3n) is 2.69. The molecule has 0 saturated carbocycles. The molecule has 0 unspecified atom stereocenters. The fourth-order valence-electron chi connectivity index (χ4n) is 1.58. The van der Waals surface area contributed by atoms with E-state index in [9.17, 15) is 4.79 Å². The van der Waals surface area contributed by atoms with Crippen molar-refractivity contribution in [3.8, 4) is 0 Å². The summed E-state index contributed by atoms with van der Waals surface area (Å²) in [6, 6.07) is 5.82. The molecule has 1 aliphatic heterocycles. The lowest BCUT2D eigenvalue weighted by Gasteiger charge is -2.23. The lowest BCUT2D eigenvalue weighted by atomic mass is 9.99. The number of hydrogen-bond acceptors (Lipinski definition) is 2. The van der Waals surface area contributed by atoms with Gasteiger partial charge in [-0.2, -0.15) is 11.8 Å². The summed E-state index contributed by atoms with van der Waals surface area (Å²) in [5, 5.41) is 0.769. The van der Waals surface area contributed by atoms with Crippen molar-refractivity contribution in [3.63, 3.8) is 0 Å². The number of carbonyl (C=O) groups excluding carboxylic acids is 1. The number of benzene rings is 1. The summed E-state index contributed by atoms with van der Waals surface area (Å²) in [6.07, 6.45) is 0.559. The lowest BCUT2D eigenvalue weighted by molar-refractivity contribution is -0.121. The van der Waals surface area contributed by atoms with Gasteiger partial charge in [-0.3, -0.25) is 4.79 Å². The van der Waals surface area contributed by atoms with Crippen LogP contribution in [0.5, 0.6) is 0 Å². The van der Waals surface area contributed by atoms with Gasteiger partial charge in [-0.15, -0.1) is 0 Å². The van der Waals surface area contributed by atoms with Crippen molar-refractivity contribution in [3.05, 3.63) is 34.3 Å². The minimum absolute atomic E-state index is 0.297. The number of aryl methyl sites for hydroxylation is 1. The highest BCUT2D eigenvalue weighted by Gasteiger charge is 2.25. The molecular formula is C12H13ClOS. The van der Waals surface area contributed by atoms with Crippen LogP contribution >= 0.6 is 23.4 Å². The molecule has 0 aliphatic carbocycles. The number of hydrogen-bond donors (Lipinski definition) is 0. The molecule has 0 spiro atoms. The molecule has 0 amide bonds. The second-order valence-corrected chi connectivity index (χ2v) is 5.44. The molecule has 0 radical (unpaired) electrons. The van der Waals surface area contributed by atoms with Gasteiger partial charge in [-0.05, 0) is 24.1 Å². The number of carbonyl (C=O) groups is 1. The third kappa shape index (κ3) is 2.56. The van der Waals surface area contributed by atoms with E-state index >= 15 is 0 Å². The topological polar surface area (TPSA) is 17.1 Å². The zero-order chi connectivity index (χ0) is 10.8. The Morgan fingerprint density at radius 3 is 2.80 bits per heavy atom. The summed E-state index contributed by atoms with van der Waals surface area (Å²) in [5.74, 6) is 2.68. The van der Waals surface area contributed by atoms with Gasteiger partial charge in [0.2, 0.25) is 0 Å². The second kappa shape index (κ2) is 4.58. The highest BCUT2D eigenvalue weighted by atomic mass is 35.5. The monoisotopic (exact) mass is 240 g/mol. The first kappa shape index (κ1) is 11.0. The SMILES string of the molecule is Cc1cc(CC(=O)C2CSC2)ccc1Cl. The predicted octanol–water partition coefficient (Wildman–Crippen LogP) is 3.12. The Balaban J connectivity index is 2.03. The van der Waals surface area contributed by atoms with Gasteiger partial charge >= 0.3 is 0 Å². The van der Waals surface area contributed by atoms with Crippen LogP contribution in [0.15, 0.2) is 18.2 Å². The maximum atomic E-state index is 11.7. The molecule has 0 atom stereocenters. The van der Waals surface area contributed by atoms with Crippen LogP contribution in [-0.2, 0) is 11.2 Å². The summed E-state index contributed by atoms with van der Waals surface area (Å²) < 4.78 is 0. The van der Waals surface area contributed by atoms with E-state index in [0.717, 1.165) is 27.7 Å². The first-order valence-corrected chi connectivity index (χ1v) is 6.55. The first-order valence-electron chi connectivity index (χ1n) is 5.02. The number of Topliss-reactive ketones (excluding diaryl/α,β-unsaturated/α-hetero) is 1. The van der Waals surface area contributed by atoms with Crippen LogP contribution in [-0.4, -0.2) is 17.3 Å². The summed E-state index contributed by atoms with van der Waals surface area (Å²) in [5.41, 5.74) is 2.13. The molecule has 0 N–H and O–H groups in total. The Hall–Kier alpha value is -0.470. The molecule has 1 aromatic carbocycles. The van der Waals surface area contributed by atoms with Crippen LogP contribution in [0, 0.1) is 12.8 Å². The zero-order valence-electron chi connectivity index (χ0n) is 8.63. The van der Waals surface area contributed by atoms with E-state index in [2.05, 4.69) is 0 Å². The average molecular weight is 241 g/mol. The van der Waals surface area contributed by atoms with Gasteiger partial charge in [0.05, 0.1) is 0 Å². The van der Waals surface area contributed by atoms with E-state index in [-0.39, 0.29) is 0 Å². The molecule has 1 nitrogen and oxygen atoms in total. The minimum atomic E-state index is 0.297. The molecule has 80 valence electrons. The molecule has 1 fully saturated rings. The molecule has 1 aromatic rings. The van der Waals surface area contributed by atoms with Gasteiger partial charge in [0.1, 0.15) is 5.78 Å². The highest BCUT2D eigenvalue weighted by Crippen LogP contribution is 2.26. The number of rotatable bonds is 3. The van der Waals surface area contributed by atoms with E-state index in [1.54, 1.807) is 0 Å². The van der Waals surface area contributed by atoms with E-state index in [0.29, 0.717) is 18.1 Å². The van der Waals surface area contributed by atoms with Crippen molar-refractivity contribution < 1.29 is 4.79 Å². The largest absolute Gasteiger partial charge is 0.299 e. The molecule has 3 heteroatoms. The molecular weight excluding hydrogens is 228 g/mol. The van der Waals surface area contributed by atoms with E-state index in [4.69, 9.17) is 11.6 Å². The van der Waals surface area contributed by atoms with Crippen LogP contribution in [0.1, 0.15) is 11.1 Å². The fourth-order valence-corrected chi connectivity index (χ4v) is 2.54. The predicted molar refractivity (Wildman–Crippen MR) is 65.7 cm³/mol. The van der Waals surface area contributed by atoms with Crippen molar-refractivity contribution >= 4 is 29.1 Å². The van der Waals surface area contributed by atoms with Gasteiger partial charge in [-0.1, -0.05) is 23.7 Å². The van der Waals surface area contributed by atoms with Crippen molar-refractivity contribution in [2.75, 3.05) is 11.5 Å². The maximum Gasteiger partial charge on any atom is 0.141 e. The maximum absolute atomic E-state index is 11.7. The molecule has 15 heavy (non-hydrogen) atoms. The Labute approximate surface area is 99.2 Å². The zero-order valence-corrected chi connectivity index (χ0v) is 10.2. The molecule has 0 aromatic heterocycles. The first-order chi connectivity index (χ1) is 7.16. The Morgan fingerprint density at radius 1 is 1.53 bits per heavy atom. The quantitative estimate of drug-likeness (QED) is 0.808. The summed E-state index contributed by atoms with van der Waals surface area (Å²) in [7, 11) is 0. The number of ketones is 1. The Kier molecular flexibility index (Phi) is 3.37. The summed E-state index contributed by atoms with van der Waals surface area (Å²) in [6.45, 7) is 1.97. The van der Waals surface area contributed by atoms with Crippen molar-refractivity contribution in [2.45, 2.75) is 13.3 Å². The highest BCUT2D eigenvalue weighted by molar-refractivity contribution is 8.00. The molecule has 0 bridgehead atoms. The summed E-state index contributed by atoms with van der Waals surface area (Å²) >= 11 is 7.78. The van der Waals surface area contributed by atoms with Crippen LogP contribution in [0.3, 0.4) is 0 Å². The second-order valence-electron chi connectivity index (χ2n) is 3.96. The lowest BCUT2D eigenvalue weighted by Crippen LogP contribution is -2.28. The fraction of sp³-hybridized carbons (Fsp3) is 0.417. The standard InChI is InChI=1S/C12H13ClOS/c1-8-4-9(2-3-11(8)13)5-12(14)10-6-15-7-10/h2-4,10H,5-7H2,1H3. The average Bonchev–Trinajstić information content (AvgIpc) is 2.08. The van der Waals surface area contributed by atoms with Crippen LogP contribution < -0.4 is 0 Å². The third-order valence-corrected chi connectivity index (χ3v) is 4.39. The van der Waals surface area contributed by atoms with E-state index in [1.807, 2.05) is 36.9 Å². The Bertz CT molecular complexity index is 385. The summed E-state index contributed by atoms with van der Waals surface area (Å²) in [4.78, 5) is 11.7. The number of thioether (sulfide) groups is 1. The minimum Gasteiger partial charge on any atom is -0.299 e. The molecule has 1 heterocycles. The normalized spacial score (nSPS) is 16.1. The van der Waals surface area contributed by atoms with Gasteiger partial charge < -0.3 is 0 Å². The van der Waals surface area contributed by atoms with E-state index < -0.39 is 0 Å².